The highest BCUT2D eigenvalue weighted by atomic mass is 32.2. The van der Waals surface area contributed by atoms with Gasteiger partial charge in [0.15, 0.2) is 10.8 Å². The van der Waals surface area contributed by atoms with Crippen molar-refractivity contribution < 1.29 is 14.3 Å². The van der Waals surface area contributed by atoms with Gasteiger partial charge in [0.25, 0.3) is 5.56 Å². The smallest absolute Gasteiger partial charge is 0.336 e. The maximum Gasteiger partial charge on any atom is 0.336 e. The second-order valence-electron chi connectivity index (χ2n) is 5.25. The Morgan fingerprint density at radius 2 is 2.12 bits per heavy atom. The number of hydrogen-bond donors (Lipinski definition) is 1. The first kappa shape index (κ1) is 16.6. The highest BCUT2D eigenvalue weighted by molar-refractivity contribution is 7.98. The molecule has 0 amide bonds. The number of furan rings is 1. The predicted octanol–water partition coefficient (Wildman–Crippen LogP) is 3.40. The second-order valence-corrected chi connectivity index (χ2v) is 7.23. The van der Waals surface area contributed by atoms with Crippen LogP contribution in [0.4, 0.5) is 0 Å². The number of nitrogens with zero attached hydrogens (tertiary/aromatic N) is 3. The van der Waals surface area contributed by atoms with E-state index in [9.17, 15) is 14.7 Å². The van der Waals surface area contributed by atoms with Crippen LogP contribution in [-0.4, -0.2) is 25.7 Å². The summed E-state index contributed by atoms with van der Waals surface area (Å²) in [5, 5.41) is 14.0. The third kappa shape index (κ3) is 3.14. The summed E-state index contributed by atoms with van der Waals surface area (Å²) in [5.41, 5.74) is 0.509. The molecule has 3 aromatic heterocycles. The fraction of sp³-hybridized carbons (Fsp3) is 0.0588. The zero-order chi connectivity index (χ0) is 18.1. The lowest BCUT2D eigenvalue weighted by Gasteiger charge is -2.05. The number of aromatic nitrogens is 3. The Balaban J connectivity index is 1.64. The summed E-state index contributed by atoms with van der Waals surface area (Å²) in [6, 6.07) is 11.7. The van der Waals surface area contributed by atoms with E-state index in [1.807, 2.05) is 0 Å². The van der Waals surface area contributed by atoms with Crippen LogP contribution < -0.4 is 5.56 Å². The van der Waals surface area contributed by atoms with E-state index in [0.717, 1.165) is 0 Å². The molecule has 9 heteroatoms. The van der Waals surface area contributed by atoms with Gasteiger partial charge in [-0.3, -0.25) is 4.79 Å². The van der Waals surface area contributed by atoms with Crippen LogP contribution >= 0.6 is 23.1 Å². The van der Waals surface area contributed by atoms with E-state index in [1.54, 1.807) is 42.7 Å². The number of carboxylic acid groups (broad SMARTS) is 1. The van der Waals surface area contributed by atoms with Crippen molar-refractivity contribution in [2.75, 3.05) is 0 Å². The first-order chi connectivity index (χ1) is 12.6. The van der Waals surface area contributed by atoms with E-state index in [-0.39, 0.29) is 11.1 Å². The fourth-order valence-electron chi connectivity index (χ4n) is 2.35. The minimum atomic E-state index is -0.984. The molecule has 0 aliphatic heterocycles. The van der Waals surface area contributed by atoms with Gasteiger partial charge in [0.05, 0.1) is 17.5 Å². The number of fused-ring (bicyclic) bond motifs is 1. The van der Waals surface area contributed by atoms with Gasteiger partial charge in [-0.25, -0.2) is 9.78 Å². The molecule has 1 aromatic carbocycles. The molecule has 0 aliphatic rings. The number of rotatable bonds is 5. The molecule has 4 aromatic rings. The van der Waals surface area contributed by atoms with E-state index in [0.29, 0.717) is 32.1 Å². The first-order valence-electron chi connectivity index (χ1n) is 7.50. The zero-order valence-corrected chi connectivity index (χ0v) is 14.8. The van der Waals surface area contributed by atoms with E-state index >= 15 is 0 Å². The average molecular weight is 385 g/mol. The fourth-order valence-corrected chi connectivity index (χ4v) is 4.18. The molecule has 0 aliphatic carbocycles. The number of hydrogen-bond acceptors (Lipinski definition) is 7. The van der Waals surface area contributed by atoms with Crippen molar-refractivity contribution in [2.24, 2.45) is 0 Å². The van der Waals surface area contributed by atoms with Gasteiger partial charge in [0, 0.05) is 16.7 Å². The highest BCUT2D eigenvalue weighted by Gasteiger charge is 2.14. The highest BCUT2D eigenvalue weighted by Crippen LogP contribution is 2.27. The van der Waals surface area contributed by atoms with Crippen molar-refractivity contribution in [1.29, 1.82) is 0 Å². The molecule has 0 spiro atoms. The predicted molar refractivity (Wildman–Crippen MR) is 97.8 cm³/mol. The molecule has 0 fully saturated rings. The lowest BCUT2D eigenvalue weighted by atomic mass is 10.2. The maximum atomic E-state index is 12.3. The van der Waals surface area contributed by atoms with Crippen LogP contribution in [0.25, 0.3) is 15.7 Å². The van der Waals surface area contributed by atoms with Crippen molar-refractivity contribution in [2.45, 2.75) is 10.6 Å². The minimum Gasteiger partial charge on any atom is -0.478 e. The largest absolute Gasteiger partial charge is 0.478 e. The van der Waals surface area contributed by atoms with Crippen molar-refractivity contribution in [3.63, 3.8) is 0 Å². The van der Waals surface area contributed by atoms with E-state index < -0.39 is 5.97 Å². The van der Waals surface area contributed by atoms with Crippen molar-refractivity contribution in [3.8, 4) is 10.8 Å². The molecule has 0 bridgehead atoms. The van der Waals surface area contributed by atoms with Gasteiger partial charge in [-0.15, -0.1) is 16.9 Å². The van der Waals surface area contributed by atoms with Crippen LogP contribution in [0.1, 0.15) is 16.1 Å². The summed E-state index contributed by atoms with van der Waals surface area (Å²) < 4.78 is 6.54. The molecule has 0 unspecified atom stereocenters. The Labute approximate surface area is 154 Å². The summed E-state index contributed by atoms with van der Waals surface area (Å²) in [6.45, 7) is 0. The standard InChI is InChI=1S/C17H11N3O4S2/c21-14-8-10(9-25-13-6-2-1-4-11(13)16(22)23)18-17-20(14)19-15(26-17)12-5-3-7-24-12/h1-8H,9H2,(H,22,23). The van der Waals surface area contributed by atoms with E-state index in [4.69, 9.17) is 4.42 Å². The Kier molecular flexibility index (Phi) is 4.31. The first-order valence-corrected chi connectivity index (χ1v) is 9.31. The SMILES string of the molecule is O=C(O)c1ccccc1SCc1cc(=O)n2nc(-c3ccco3)sc2n1. The van der Waals surface area contributed by atoms with Gasteiger partial charge in [-0.1, -0.05) is 23.5 Å². The molecule has 3 heterocycles. The quantitative estimate of drug-likeness (QED) is 0.526. The number of aromatic carboxylic acids is 1. The lowest BCUT2D eigenvalue weighted by Crippen LogP contribution is -2.15. The van der Waals surface area contributed by atoms with Crippen LogP contribution in [0.5, 0.6) is 0 Å². The topological polar surface area (TPSA) is 97.7 Å². The Morgan fingerprint density at radius 3 is 2.88 bits per heavy atom. The zero-order valence-electron chi connectivity index (χ0n) is 13.2. The van der Waals surface area contributed by atoms with Crippen LogP contribution in [-0.2, 0) is 5.75 Å². The van der Waals surface area contributed by atoms with Crippen LogP contribution in [0.3, 0.4) is 0 Å². The van der Waals surface area contributed by atoms with Crippen LogP contribution in [0.15, 0.2) is 62.8 Å². The molecule has 0 atom stereocenters. The average Bonchev–Trinajstić information content (AvgIpc) is 3.29. The van der Waals surface area contributed by atoms with Crippen molar-refractivity contribution >= 4 is 34.0 Å². The molecule has 0 saturated carbocycles. The summed E-state index contributed by atoms with van der Waals surface area (Å²) in [5.74, 6) is -0.0300. The summed E-state index contributed by atoms with van der Waals surface area (Å²) in [7, 11) is 0. The normalized spacial score (nSPS) is 11.1. The van der Waals surface area contributed by atoms with Gasteiger partial charge in [0.2, 0.25) is 4.96 Å². The number of thioether (sulfide) groups is 1. The van der Waals surface area contributed by atoms with Gasteiger partial charge < -0.3 is 9.52 Å². The molecule has 4 rings (SSSR count). The third-order valence-corrected chi connectivity index (χ3v) is 5.55. The molecule has 0 saturated heterocycles. The summed E-state index contributed by atoms with van der Waals surface area (Å²) in [6.07, 6.45) is 1.54. The van der Waals surface area contributed by atoms with Crippen LogP contribution in [0, 0.1) is 0 Å². The van der Waals surface area contributed by atoms with Gasteiger partial charge in [-0.05, 0) is 24.3 Å². The van der Waals surface area contributed by atoms with Gasteiger partial charge >= 0.3 is 5.97 Å². The molecule has 26 heavy (non-hydrogen) atoms. The van der Waals surface area contributed by atoms with Crippen molar-refractivity contribution in [1.82, 2.24) is 14.6 Å². The number of benzene rings is 1. The molecular formula is C17H11N3O4S2. The van der Waals surface area contributed by atoms with Crippen LogP contribution in [0.2, 0.25) is 0 Å². The second kappa shape index (κ2) is 6.77. The van der Waals surface area contributed by atoms with Gasteiger partial charge in [-0.2, -0.15) is 4.52 Å². The summed E-state index contributed by atoms with van der Waals surface area (Å²) >= 11 is 2.58. The minimum absolute atomic E-state index is 0.230. The van der Waals surface area contributed by atoms with Gasteiger partial charge in [0.1, 0.15) is 0 Å². The van der Waals surface area contributed by atoms with E-state index in [2.05, 4.69) is 10.1 Å². The van der Waals surface area contributed by atoms with E-state index in [1.165, 1.54) is 33.7 Å². The lowest BCUT2D eigenvalue weighted by molar-refractivity contribution is 0.0693. The molecule has 0 radical (unpaired) electrons. The molecular weight excluding hydrogens is 374 g/mol. The maximum absolute atomic E-state index is 12.3. The Bertz CT molecular complexity index is 1150. The molecule has 7 nitrogen and oxygen atoms in total. The third-order valence-electron chi connectivity index (χ3n) is 3.52. The molecule has 1 N–H and O–H groups in total. The number of carbonyl (C=O) groups is 1. The Morgan fingerprint density at radius 1 is 1.27 bits per heavy atom. The number of carboxylic acids is 1. The summed E-state index contributed by atoms with van der Waals surface area (Å²) in [4.78, 5) is 29.1. The monoisotopic (exact) mass is 385 g/mol. The molecule has 130 valence electrons. The Hall–Kier alpha value is -2.91. The van der Waals surface area contributed by atoms with Crippen molar-refractivity contribution in [3.05, 3.63) is 70.3 Å².